The minimum absolute atomic E-state index is 0.00389. The zero-order chi connectivity index (χ0) is 22.9. The van der Waals surface area contributed by atoms with Gasteiger partial charge in [0.1, 0.15) is 6.04 Å². The smallest absolute Gasteiger partial charge is 0.475 e. The summed E-state index contributed by atoms with van der Waals surface area (Å²) in [7, 11) is 0. The normalized spacial score (nSPS) is 15.1. The molecule has 0 radical (unpaired) electrons. The quantitative estimate of drug-likeness (QED) is 0.302. The van der Waals surface area contributed by atoms with Gasteiger partial charge in [0.2, 0.25) is 5.91 Å². The summed E-state index contributed by atoms with van der Waals surface area (Å²) in [6.07, 6.45) is -8.87. The highest BCUT2D eigenvalue weighted by atomic mass is 19.4. The van der Waals surface area contributed by atoms with Crippen LogP contribution in [-0.4, -0.2) is 69.0 Å². The van der Waals surface area contributed by atoms with Crippen LogP contribution in [0.15, 0.2) is 0 Å². The molecular formula is C13H18F6N2O7. The first-order valence-electron chi connectivity index (χ1n) is 7.30. The number of carboxylic acids is 2. The molecule has 0 spiro atoms. The van der Waals surface area contributed by atoms with Gasteiger partial charge in [0.15, 0.2) is 0 Å². The number of carbonyl (C=O) groups excluding carboxylic acids is 2. The largest absolute Gasteiger partial charge is 0.490 e. The summed E-state index contributed by atoms with van der Waals surface area (Å²) in [5.41, 5.74) is 1.61. The average molecular weight is 428 g/mol. The number of hydroxylamine groups is 1. The van der Waals surface area contributed by atoms with Crippen molar-refractivity contribution in [1.82, 2.24) is 10.4 Å². The maximum absolute atomic E-state index is 11.4. The molecule has 0 aromatic carbocycles. The van der Waals surface area contributed by atoms with Gasteiger partial charge in [0, 0.05) is 13.0 Å². The van der Waals surface area contributed by atoms with Crippen LogP contribution < -0.4 is 5.48 Å². The molecule has 9 nitrogen and oxygen atoms in total. The maximum atomic E-state index is 11.4. The van der Waals surface area contributed by atoms with Crippen molar-refractivity contribution in [2.45, 2.75) is 45.1 Å². The lowest BCUT2D eigenvalue weighted by molar-refractivity contribution is -0.193. The lowest BCUT2D eigenvalue weighted by atomic mass is 10.0. The van der Waals surface area contributed by atoms with Crippen LogP contribution in [0.1, 0.15) is 26.7 Å². The van der Waals surface area contributed by atoms with Crippen LogP contribution in [0, 0.1) is 5.92 Å². The van der Waals surface area contributed by atoms with E-state index in [4.69, 9.17) is 25.0 Å². The molecule has 0 aromatic rings. The van der Waals surface area contributed by atoms with E-state index < -0.39 is 36.2 Å². The maximum Gasteiger partial charge on any atom is 0.490 e. The Morgan fingerprint density at radius 2 is 1.36 bits per heavy atom. The molecule has 0 saturated carbocycles. The summed E-state index contributed by atoms with van der Waals surface area (Å²) in [6, 6.07) is -0.546. The van der Waals surface area contributed by atoms with Gasteiger partial charge in [-0.25, -0.2) is 15.1 Å². The van der Waals surface area contributed by atoms with Gasteiger partial charge in [0.05, 0.1) is 0 Å². The zero-order valence-corrected chi connectivity index (χ0v) is 14.5. The second-order valence-electron chi connectivity index (χ2n) is 5.46. The Kier molecular flexibility index (Phi) is 11.2. The van der Waals surface area contributed by atoms with Crippen molar-refractivity contribution >= 4 is 23.8 Å². The molecule has 1 fully saturated rings. The van der Waals surface area contributed by atoms with Gasteiger partial charge in [-0.05, 0) is 12.3 Å². The van der Waals surface area contributed by atoms with Crippen LogP contribution in [0.25, 0.3) is 0 Å². The SMILES string of the molecule is CC(C)C(C(=O)NO)N1CCCC1=O.O=C(O)C(F)(F)F.O=C(O)C(F)(F)F. The van der Waals surface area contributed by atoms with E-state index in [2.05, 4.69) is 0 Å². The first kappa shape index (κ1) is 27.6. The van der Waals surface area contributed by atoms with Crippen molar-refractivity contribution in [3.8, 4) is 0 Å². The van der Waals surface area contributed by atoms with Crippen LogP contribution >= 0.6 is 0 Å². The molecule has 1 saturated heterocycles. The molecule has 2 amide bonds. The van der Waals surface area contributed by atoms with Crippen LogP contribution in [-0.2, 0) is 19.2 Å². The minimum Gasteiger partial charge on any atom is -0.475 e. The van der Waals surface area contributed by atoms with Crippen LogP contribution in [0.5, 0.6) is 0 Å². The predicted octanol–water partition coefficient (Wildman–Crippen LogP) is 1.41. The van der Waals surface area contributed by atoms with Crippen LogP contribution in [0.3, 0.4) is 0 Å². The molecule has 0 aromatic heterocycles. The molecule has 1 atom stereocenters. The first-order chi connectivity index (χ1) is 12.5. The van der Waals surface area contributed by atoms with E-state index in [-0.39, 0.29) is 11.8 Å². The van der Waals surface area contributed by atoms with E-state index in [0.29, 0.717) is 13.0 Å². The monoisotopic (exact) mass is 428 g/mol. The number of amides is 2. The fourth-order valence-corrected chi connectivity index (χ4v) is 1.83. The van der Waals surface area contributed by atoms with Gasteiger partial charge in [0.25, 0.3) is 5.91 Å². The molecule has 1 aliphatic heterocycles. The Hall–Kier alpha value is -2.58. The standard InChI is InChI=1S/C9H16N2O3.2C2HF3O2/c1-6(2)8(9(13)10-14)11-5-3-4-7(11)12;2*3-2(4,5)1(6)7/h6,8,14H,3-5H2,1-2H3,(H,10,13);2*(H,6,7). The third kappa shape index (κ3) is 10.5. The summed E-state index contributed by atoms with van der Waals surface area (Å²) < 4.78 is 63.5. The topological polar surface area (TPSA) is 144 Å². The number of alkyl halides is 6. The third-order valence-corrected chi connectivity index (χ3v) is 2.94. The van der Waals surface area contributed by atoms with Crippen molar-refractivity contribution in [1.29, 1.82) is 0 Å². The Morgan fingerprint density at radius 3 is 1.54 bits per heavy atom. The number of carboxylic acid groups (broad SMARTS) is 2. The molecular weight excluding hydrogens is 410 g/mol. The number of aliphatic carboxylic acids is 2. The number of likely N-dealkylation sites (tertiary alicyclic amines) is 1. The van der Waals surface area contributed by atoms with Crippen molar-refractivity contribution in [2.75, 3.05) is 6.54 Å². The molecule has 0 bridgehead atoms. The number of hydrogen-bond acceptors (Lipinski definition) is 5. The fraction of sp³-hybridized carbons (Fsp3) is 0.692. The summed E-state index contributed by atoms with van der Waals surface area (Å²) in [5, 5.41) is 22.8. The van der Waals surface area contributed by atoms with Gasteiger partial charge in [-0.2, -0.15) is 26.3 Å². The van der Waals surface area contributed by atoms with Crippen molar-refractivity contribution < 1.29 is 60.9 Å². The average Bonchev–Trinajstić information content (AvgIpc) is 2.92. The van der Waals surface area contributed by atoms with E-state index in [1.165, 1.54) is 4.90 Å². The molecule has 1 heterocycles. The minimum atomic E-state index is -5.08. The molecule has 1 aliphatic rings. The Bertz CT molecular complexity index is 539. The summed E-state index contributed by atoms with van der Waals surface area (Å²) in [5.74, 6) is -6.02. The van der Waals surface area contributed by atoms with E-state index in [1.54, 1.807) is 5.48 Å². The van der Waals surface area contributed by atoms with Gasteiger partial charge in [-0.3, -0.25) is 14.8 Å². The third-order valence-electron chi connectivity index (χ3n) is 2.94. The Morgan fingerprint density at radius 1 is 1.00 bits per heavy atom. The predicted molar refractivity (Wildman–Crippen MR) is 76.9 cm³/mol. The van der Waals surface area contributed by atoms with Crippen molar-refractivity contribution in [3.05, 3.63) is 0 Å². The summed E-state index contributed by atoms with van der Waals surface area (Å²) in [6.45, 7) is 4.31. The van der Waals surface area contributed by atoms with Gasteiger partial charge >= 0.3 is 24.3 Å². The van der Waals surface area contributed by atoms with Gasteiger partial charge < -0.3 is 15.1 Å². The molecule has 28 heavy (non-hydrogen) atoms. The molecule has 0 aliphatic carbocycles. The lowest BCUT2D eigenvalue weighted by Gasteiger charge is -2.28. The van der Waals surface area contributed by atoms with Crippen LogP contribution in [0.2, 0.25) is 0 Å². The number of hydrogen-bond donors (Lipinski definition) is 4. The fourth-order valence-electron chi connectivity index (χ4n) is 1.83. The number of rotatable bonds is 3. The summed E-state index contributed by atoms with van der Waals surface area (Å²) >= 11 is 0. The highest BCUT2D eigenvalue weighted by molar-refractivity contribution is 5.88. The second kappa shape index (κ2) is 11.3. The number of carbonyl (C=O) groups is 4. The van der Waals surface area contributed by atoms with E-state index >= 15 is 0 Å². The summed E-state index contributed by atoms with van der Waals surface area (Å²) in [4.78, 5) is 42.1. The zero-order valence-electron chi connectivity index (χ0n) is 14.5. The van der Waals surface area contributed by atoms with Crippen LogP contribution in [0.4, 0.5) is 26.3 Å². The number of halogens is 6. The second-order valence-corrected chi connectivity index (χ2v) is 5.46. The number of nitrogens with one attached hydrogen (secondary N) is 1. The lowest BCUT2D eigenvalue weighted by Crippen LogP contribution is -2.49. The highest BCUT2D eigenvalue weighted by Crippen LogP contribution is 2.19. The van der Waals surface area contributed by atoms with Gasteiger partial charge in [-0.1, -0.05) is 13.8 Å². The van der Waals surface area contributed by atoms with Crippen molar-refractivity contribution in [2.24, 2.45) is 5.92 Å². The van der Waals surface area contributed by atoms with E-state index in [9.17, 15) is 35.9 Å². The molecule has 1 unspecified atom stereocenters. The van der Waals surface area contributed by atoms with E-state index in [0.717, 1.165) is 6.42 Å². The highest BCUT2D eigenvalue weighted by Gasteiger charge is 2.39. The number of nitrogens with zero attached hydrogens (tertiary/aromatic N) is 1. The molecule has 4 N–H and O–H groups in total. The Balaban J connectivity index is 0. The van der Waals surface area contributed by atoms with E-state index in [1.807, 2.05) is 13.8 Å². The first-order valence-corrected chi connectivity index (χ1v) is 7.30. The molecule has 164 valence electrons. The molecule has 1 rings (SSSR count). The molecule has 15 heteroatoms. The van der Waals surface area contributed by atoms with Gasteiger partial charge in [-0.15, -0.1) is 0 Å². The van der Waals surface area contributed by atoms with Crippen molar-refractivity contribution in [3.63, 3.8) is 0 Å². The Labute approximate surface area is 153 Å².